The van der Waals surface area contributed by atoms with E-state index >= 15 is 0 Å². The van der Waals surface area contributed by atoms with E-state index in [-0.39, 0.29) is 18.2 Å². The van der Waals surface area contributed by atoms with Crippen LogP contribution in [0.2, 0.25) is 0 Å². The van der Waals surface area contributed by atoms with Crippen molar-refractivity contribution in [2.24, 2.45) is 0 Å². The number of carbonyl (C=O) groups is 1. The predicted octanol–water partition coefficient (Wildman–Crippen LogP) is 0.449. The molecule has 20 heavy (non-hydrogen) atoms. The van der Waals surface area contributed by atoms with Gasteiger partial charge in [-0.05, 0) is 30.2 Å². The van der Waals surface area contributed by atoms with Crippen LogP contribution in [-0.2, 0) is 22.8 Å². The molecule has 1 aromatic rings. The van der Waals surface area contributed by atoms with Gasteiger partial charge in [0.05, 0.1) is 5.75 Å². The van der Waals surface area contributed by atoms with Crippen molar-refractivity contribution in [1.82, 2.24) is 10.2 Å². The molecule has 0 radical (unpaired) electrons. The second-order valence-electron chi connectivity index (χ2n) is 5.23. The minimum Gasteiger partial charge on any atom is -0.341 e. The molecule has 0 fully saturated rings. The normalized spacial score (nSPS) is 14.7. The number of amides is 1. The highest BCUT2D eigenvalue weighted by Gasteiger charge is 2.20. The lowest BCUT2D eigenvalue weighted by Crippen LogP contribution is -2.33. The Hall–Kier alpha value is -1.40. The first kappa shape index (κ1) is 15.0. The summed E-state index contributed by atoms with van der Waals surface area (Å²) in [6.07, 6.45) is 2.01. The van der Waals surface area contributed by atoms with Crippen molar-refractivity contribution in [1.29, 1.82) is 0 Å². The smallest absolute Gasteiger partial charge is 0.253 e. The lowest BCUT2D eigenvalue weighted by atomic mass is 9.95. The molecule has 0 aromatic heterocycles. The van der Waals surface area contributed by atoms with Gasteiger partial charge in [-0.15, -0.1) is 0 Å². The topological polar surface area (TPSA) is 66.5 Å². The van der Waals surface area contributed by atoms with E-state index in [1.165, 1.54) is 11.2 Å². The molecule has 0 aliphatic carbocycles. The standard InChI is InChI=1S/C14H20N2O3S/c1-16(8-9-20(2,18)19)14(17)13-5-3-4-11-10-15-7-6-12(11)13/h3-5,15H,6-10H2,1-2H3. The largest absolute Gasteiger partial charge is 0.341 e. The molecule has 1 N–H and O–H groups in total. The molecule has 0 spiro atoms. The Labute approximate surface area is 119 Å². The van der Waals surface area contributed by atoms with Crippen LogP contribution in [0, 0.1) is 0 Å². The summed E-state index contributed by atoms with van der Waals surface area (Å²) in [5, 5.41) is 3.28. The summed E-state index contributed by atoms with van der Waals surface area (Å²) < 4.78 is 22.4. The highest BCUT2D eigenvalue weighted by Crippen LogP contribution is 2.19. The number of nitrogens with zero attached hydrogens (tertiary/aromatic N) is 1. The first-order valence-electron chi connectivity index (χ1n) is 6.63. The minimum atomic E-state index is -3.06. The Bertz CT molecular complexity index is 611. The van der Waals surface area contributed by atoms with E-state index in [4.69, 9.17) is 0 Å². The van der Waals surface area contributed by atoms with E-state index in [0.29, 0.717) is 5.56 Å². The second-order valence-corrected chi connectivity index (χ2v) is 7.49. The quantitative estimate of drug-likeness (QED) is 0.876. The minimum absolute atomic E-state index is 0.00812. The maximum absolute atomic E-state index is 12.4. The van der Waals surface area contributed by atoms with Gasteiger partial charge in [0.2, 0.25) is 0 Å². The number of sulfone groups is 1. The zero-order valence-electron chi connectivity index (χ0n) is 11.8. The number of benzene rings is 1. The van der Waals surface area contributed by atoms with Gasteiger partial charge in [0, 0.05) is 32.0 Å². The summed E-state index contributed by atoms with van der Waals surface area (Å²) in [7, 11) is -1.41. The van der Waals surface area contributed by atoms with Crippen molar-refractivity contribution >= 4 is 15.7 Å². The van der Waals surface area contributed by atoms with Gasteiger partial charge in [-0.1, -0.05) is 12.1 Å². The van der Waals surface area contributed by atoms with Crippen LogP contribution >= 0.6 is 0 Å². The van der Waals surface area contributed by atoms with E-state index in [1.807, 2.05) is 18.2 Å². The van der Waals surface area contributed by atoms with Gasteiger partial charge in [-0.3, -0.25) is 4.79 Å². The van der Waals surface area contributed by atoms with Crippen LogP contribution in [0.4, 0.5) is 0 Å². The van der Waals surface area contributed by atoms with Gasteiger partial charge in [0.1, 0.15) is 9.84 Å². The molecule has 2 rings (SSSR count). The van der Waals surface area contributed by atoms with Crippen LogP contribution in [0.1, 0.15) is 21.5 Å². The highest BCUT2D eigenvalue weighted by molar-refractivity contribution is 7.90. The van der Waals surface area contributed by atoms with Gasteiger partial charge >= 0.3 is 0 Å². The van der Waals surface area contributed by atoms with Crippen molar-refractivity contribution in [2.45, 2.75) is 13.0 Å². The molecular weight excluding hydrogens is 276 g/mol. The van der Waals surface area contributed by atoms with E-state index in [0.717, 1.165) is 30.6 Å². The molecule has 0 unspecified atom stereocenters. The number of fused-ring (bicyclic) bond motifs is 1. The van der Waals surface area contributed by atoms with Crippen LogP contribution in [0.3, 0.4) is 0 Å². The molecule has 110 valence electrons. The van der Waals surface area contributed by atoms with Crippen LogP contribution in [0.25, 0.3) is 0 Å². The molecule has 0 saturated heterocycles. The van der Waals surface area contributed by atoms with Gasteiger partial charge in [-0.25, -0.2) is 8.42 Å². The third kappa shape index (κ3) is 3.58. The van der Waals surface area contributed by atoms with E-state index in [9.17, 15) is 13.2 Å². The van der Waals surface area contributed by atoms with Crippen LogP contribution < -0.4 is 5.32 Å². The predicted molar refractivity (Wildman–Crippen MR) is 78.5 cm³/mol. The molecule has 1 heterocycles. The maximum Gasteiger partial charge on any atom is 0.253 e. The molecule has 5 nitrogen and oxygen atoms in total. The van der Waals surface area contributed by atoms with Gasteiger partial charge in [-0.2, -0.15) is 0 Å². The fourth-order valence-electron chi connectivity index (χ4n) is 2.34. The monoisotopic (exact) mass is 296 g/mol. The van der Waals surface area contributed by atoms with Crippen molar-refractivity contribution in [2.75, 3.05) is 32.1 Å². The van der Waals surface area contributed by atoms with Crippen molar-refractivity contribution in [3.63, 3.8) is 0 Å². The molecule has 1 aliphatic rings. The number of carbonyl (C=O) groups excluding carboxylic acids is 1. The third-order valence-corrected chi connectivity index (χ3v) is 4.44. The molecule has 0 bridgehead atoms. The van der Waals surface area contributed by atoms with Crippen molar-refractivity contribution in [3.05, 3.63) is 34.9 Å². The zero-order chi connectivity index (χ0) is 14.8. The van der Waals surface area contributed by atoms with Crippen molar-refractivity contribution in [3.8, 4) is 0 Å². The van der Waals surface area contributed by atoms with E-state index in [1.54, 1.807) is 7.05 Å². The third-order valence-electron chi connectivity index (χ3n) is 3.51. The molecular formula is C14H20N2O3S. The average molecular weight is 296 g/mol. The van der Waals surface area contributed by atoms with Crippen LogP contribution in [0.5, 0.6) is 0 Å². The Balaban J connectivity index is 2.17. The summed E-state index contributed by atoms with van der Waals surface area (Å²) in [6.45, 7) is 1.87. The fraction of sp³-hybridized carbons (Fsp3) is 0.500. The van der Waals surface area contributed by atoms with E-state index < -0.39 is 9.84 Å². The van der Waals surface area contributed by atoms with Crippen LogP contribution in [-0.4, -0.2) is 51.4 Å². The lowest BCUT2D eigenvalue weighted by Gasteiger charge is -2.23. The molecule has 0 atom stereocenters. The fourth-order valence-corrected chi connectivity index (χ4v) is 2.95. The first-order chi connectivity index (χ1) is 9.38. The number of nitrogens with one attached hydrogen (secondary N) is 1. The highest BCUT2D eigenvalue weighted by atomic mass is 32.2. The summed E-state index contributed by atoms with van der Waals surface area (Å²) in [4.78, 5) is 13.9. The van der Waals surface area contributed by atoms with Crippen LogP contribution in [0.15, 0.2) is 18.2 Å². The number of hydrogen-bond acceptors (Lipinski definition) is 4. The molecule has 0 saturated carbocycles. The summed E-state index contributed by atoms with van der Waals surface area (Å²) in [6, 6.07) is 5.72. The van der Waals surface area contributed by atoms with Gasteiger partial charge in [0.25, 0.3) is 5.91 Å². The SMILES string of the molecule is CN(CCS(C)(=O)=O)C(=O)c1cccc2c1CCNC2. The Morgan fingerprint density at radius 3 is 2.85 bits per heavy atom. The first-order valence-corrected chi connectivity index (χ1v) is 8.69. The Morgan fingerprint density at radius 1 is 1.40 bits per heavy atom. The number of rotatable bonds is 4. The Kier molecular flexibility index (Phi) is 4.45. The number of hydrogen-bond donors (Lipinski definition) is 1. The average Bonchev–Trinajstić information content (AvgIpc) is 2.42. The van der Waals surface area contributed by atoms with Gasteiger partial charge < -0.3 is 10.2 Å². The van der Waals surface area contributed by atoms with Crippen molar-refractivity contribution < 1.29 is 13.2 Å². The molecule has 6 heteroatoms. The summed E-state index contributed by atoms with van der Waals surface area (Å²) in [5.74, 6) is -0.112. The van der Waals surface area contributed by atoms with E-state index in [2.05, 4.69) is 5.32 Å². The maximum atomic E-state index is 12.4. The summed E-state index contributed by atoms with van der Waals surface area (Å²) >= 11 is 0. The Morgan fingerprint density at radius 2 is 2.15 bits per heavy atom. The molecule has 1 amide bonds. The lowest BCUT2D eigenvalue weighted by molar-refractivity contribution is 0.0802. The second kappa shape index (κ2) is 5.93. The molecule has 1 aliphatic heterocycles. The summed E-state index contributed by atoms with van der Waals surface area (Å²) in [5.41, 5.74) is 2.93. The molecule has 1 aromatic carbocycles. The zero-order valence-corrected chi connectivity index (χ0v) is 12.7. The van der Waals surface area contributed by atoms with Gasteiger partial charge in [0.15, 0.2) is 0 Å².